The van der Waals surface area contributed by atoms with Crippen LogP contribution in [0.2, 0.25) is 0 Å². The predicted octanol–water partition coefficient (Wildman–Crippen LogP) is 4.30. The molecular weight excluding hydrogens is 346 g/mol. The molecule has 0 radical (unpaired) electrons. The Balaban J connectivity index is 1.70. The molecule has 1 aromatic heterocycles. The maximum absolute atomic E-state index is 11.3. The van der Waals surface area contributed by atoms with Crippen molar-refractivity contribution in [2.45, 2.75) is 13.5 Å². The van der Waals surface area contributed by atoms with Crippen LogP contribution in [-0.4, -0.2) is 18.2 Å². The second kappa shape index (κ2) is 8.18. The van der Waals surface area contributed by atoms with Gasteiger partial charge < -0.3 is 14.6 Å². The number of nitro benzene ring substituents is 1. The van der Waals surface area contributed by atoms with Gasteiger partial charge >= 0.3 is 0 Å². The zero-order valence-corrected chi connectivity index (χ0v) is 15.0. The van der Waals surface area contributed by atoms with Gasteiger partial charge in [0.25, 0.3) is 5.69 Å². The lowest BCUT2D eigenvalue weighted by Crippen LogP contribution is -2.06. The van der Waals surface area contributed by atoms with Crippen LogP contribution in [0.5, 0.6) is 5.75 Å². The van der Waals surface area contributed by atoms with Gasteiger partial charge in [-0.25, -0.2) is 0 Å². The molecule has 0 fully saturated rings. The van der Waals surface area contributed by atoms with Crippen molar-refractivity contribution >= 4 is 11.9 Å². The van der Waals surface area contributed by atoms with Crippen molar-refractivity contribution in [3.8, 4) is 17.1 Å². The fourth-order valence-electron chi connectivity index (χ4n) is 2.66. The first-order valence-corrected chi connectivity index (χ1v) is 8.31. The van der Waals surface area contributed by atoms with Gasteiger partial charge in [0.2, 0.25) is 0 Å². The molecule has 0 saturated heterocycles. The van der Waals surface area contributed by atoms with E-state index in [1.165, 1.54) is 12.3 Å². The minimum absolute atomic E-state index is 0.0159. The summed E-state index contributed by atoms with van der Waals surface area (Å²) in [5.74, 6) is 1.70. The van der Waals surface area contributed by atoms with Crippen molar-refractivity contribution in [3.05, 3.63) is 81.6 Å². The van der Waals surface area contributed by atoms with Crippen LogP contribution in [0.4, 0.5) is 5.69 Å². The van der Waals surface area contributed by atoms with Gasteiger partial charge in [0.05, 0.1) is 30.4 Å². The van der Waals surface area contributed by atoms with E-state index in [4.69, 9.17) is 9.15 Å². The number of para-hydroxylation sites is 1. The van der Waals surface area contributed by atoms with E-state index < -0.39 is 4.92 Å². The Kier molecular flexibility index (Phi) is 5.51. The quantitative estimate of drug-likeness (QED) is 0.383. The van der Waals surface area contributed by atoms with E-state index in [2.05, 4.69) is 10.5 Å². The van der Waals surface area contributed by atoms with Gasteiger partial charge in [-0.15, -0.1) is 0 Å². The Bertz CT molecular complexity index is 979. The number of methoxy groups -OCH3 is 1. The second-order valence-corrected chi connectivity index (χ2v) is 5.88. The molecule has 3 aromatic rings. The molecule has 0 bridgehead atoms. The van der Waals surface area contributed by atoms with E-state index in [0.717, 1.165) is 16.9 Å². The first kappa shape index (κ1) is 18.2. The van der Waals surface area contributed by atoms with E-state index in [1.807, 2.05) is 37.3 Å². The molecule has 0 unspecified atom stereocenters. The third-order valence-electron chi connectivity index (χ3n) is 3.99. The molecule has 2 aromatic carbocycles. The lowest BCUT2D eigenvalue weighted by atomic mass is 10.1. The molecule has 0 aliphatic heterocycles. The molecular formula is C20H19N3O4. The standard InChI is InChI=1S/C20H19N3O4/c1-14-7-9-17(18(11-14)23(24)25)20-10-8-16(27-20)13-22-21-12-15-5-3-4-6-19(15)26-2/h3-11,13,21H,12H2,1-2H3/b22-13-. The smallest absolute Gasteiger partial charge is 0.280 e. The van der Waals surface area contributed by atoms with Crippen molar-refractivity contribution in [3.63, 3.8) is 0 Å². The zero-order chi connectivity index (χ0) is 19.2. The van der Waals surface area contributed by atoms with Crippen LogP contribution in [0.1, 0.15) is 16.9 Å². The molecule has 0 atom stereocenters. The number of hydrogen-bond donors (Lipinski definition) is 1. The first-order valence-electron chi connectivity index (χ1n) is 8.31. The predicted molar refractivity (Wildman–Crippen MR) is 103 cm³/mol. The molecule has 27 heavy (non-hydrogen) atoms. The van der Waals surface area contributed by atoms with Gasteiger partial charge in [-0.05, 0) is 36.8 Å². The highest BCUT2D eigenvalue weighted by molar-refractivity contribution is 5.78. The number of benzene rings is 2. The number of nitro groups is 1. The van der Waals surface area contributed by atoms with E-state index in [0.29, 0.717) is 23.6 Å². The topological polar surface area (TPSA) is 89.9 Å². The van der Waals surface area contributed by atoms with Gasteiger partial charge in [-0.1, -0.05) is 24.3 Å². The summed E-state index contributed by atoms with van der Waals surface area (Å²) in [6, 6.07) is 16.1. The lowest BCUT2D eigenvalue weighted by Gasteiger charge is -2.06. The summed E-state index contributed by atoms with van der Waals surface area (Å²) >= 11 is 0. The molecule has 0 aliphatic rings. The summed E-state index contributed by atoms with van der Waals surface area (Å²) in [4.78, 5) is 10.9. The van der Waals surface area contributed by atoms with Gasteiger partial charge in [0.1, 0.15) is 17.3 Å². The number of nitrogens with zero attached hydrogens (tertiary/aromatic N) is 2. The van der Waals surface area contributed by atoms with Crippen LogP contribution in [0.15, 0.2) is 64.1 Å². The number of nitrogens with one attached hydrogen (secondary N) is 1. The van der Waals surface area contributed by atoms with E-state index in [9.17, 15) is 10.1 Å². The summed E-state index contributed by atoms with van der Waals surface area (Å²) in [5, 5.41) is 15.4. The highest BCUT2D eigenvalue weighted by atomic mass is 16.6. The number of rotatable bonds is 7. The Hall–Kier alpha value is -3.61. The summed E-state index contributed by atoms with van der Waals surface area (Å²) in [6.45, 7) is 2.31. The first-order chi connectivity index (χ1) is 13.1. The normalized spacial score (nSPS) is 10.9. The highest BCUT2D eigenvalue weighted by Gasteiger charge is 2.18. The molecule has 7 heteroatoms. The fourth-order valence-corrected chi connectivity index (χ4v) is 2.66. The Morgan fingerprint density at radius 2 is 2.04 bits per heavy atom. The molecule has 7 nitrogen and oxygen atoms in total. The van der Waals surface area contributed by atoms with Crippen LogP contribution in [0.3, 0.4) is 0 Å². The number of furan rings is 1. The van der Waals surface area contributed by atoms with Crippen LogP contribution < -0.4 is 10.2 Å². The minimum Gasteiger partial charge on any atom is -0.496 e. The van der Waals surface area contributed by atoms with E-state index >= 15 is 0 Å². The Labute approximate surface area is 156 Å². The number of hydrazone groups is 1. The average molecular weight is 365 g/mol. The van der Waals surface area contributed by atoms with Gasteiger partial charge in [-0.2, -0.15) is 5.10 Å². The molecule has 0 aliphatic carbocycles. The van der Waals surface area contributed by atoms with Gasteiger partial charge in [0.15, 0.2) is 0 Å². The Morgan fingerprint density at radius 3 is 2.81 bits per heavy atom. The SMILES string of the molecule is COc1ccccc1CN/N=C\c1ccc(-c2ccc(C)cc2[N+](=O)[O-])o1. The average Bonchev–Trinajstić information content (AvgIpc) is 3.14. The van der Waals surface area contributed by atoms with Crippen molar-refractivity contribution < 1.29 is 14.1 Å². The highest BCUT2D eigenvalue weighted by Crippen LogP contribution is 2.31. The number of aryl methyl sites for hydroxylation is 1. The van der Waals surface area contributed by atoms with Gasteiger partial charge in [-0.3, -0.25) is 10.1 Å². The summed E-state index contributed by atoms with van der Waals surface area (Å²) in [6.07, 6.45) is 1.53. The second-order valence-electron chi connectivity index (χ2n) is 5.88. The van der Waals surface area contributed by atoms with Crippen molar-refractivity contribution in [2.75, 3.05) is 7.11 Å². The fraction of sp³-hybridized carbons (Fsp3) is 0.150. The van der Waals surface area contributed by atoms with Crippen LogP contribution in [0.25, 0.3) is 11.3 Å². The monoisotopic (exact) mass is 365 g/mol. The van der Waals surface area contributed by atoms with E-state index in [-0.39, 0.29) is 5.69 Å². The van der Waals surface area contributed by atoms with Gasteiger partial charge in [0, 0.05) is 11.6 Å². The lowest BCUT2D eigenvalue weighted by molar-refractivity contribution is -0.384. The van der Waals surface area contributed by atoms with Crippen molar-refractivity contribution in [1.82, 2.24) is 5.43 Å². The third-order valence-corrected chi connectivity index (χ3v) is 3.99. The van der Waals surface area contributed by atoms with E-state index in [1.54, 1.807) is 25.3 Å². The molecule has 0 amide bonds. The number of ether oxygens (including phenoxy) is 1. The largest absolute Gasteiger partial charge is 0.496 e. The zero-order valence-electron chi connectivity index (χ0n) is 15.0. The van der Waals surface area contributed by atoms with Crippen molar-refractivity contribution in [1.29, 1.82) is 0 Å². The molecule has 0 saturated carbocycles. The molecule has 3 rings (SSSR count). The summed E-state index contributed by atoms with van der Waals surface area (Å²) < 4.78 is 11.0. The van der Waals surface area contributed by atoms with Crippen LogP contribution in [-0.2, 0) is 6.54 Å². The molecule has 1 N–H and O–H groups in total. The molecule has 1 heterocycles. The molecule has 138 valence electrons. The maximum atomic E-state index is 11.3. The molecule has 0 spiro atoms. The number of hydrogen-bond acceptors (Lipinski definition) is 6. The minimum atomic E-state index is -0.409. The van der Waals surface area contributed by atoms with Crippen LogP contribution >= 0.6 is 0 Å². The summed E-state index contributed by atoms with van der Waals surface area (Å²) in [5.41, 5.74) is 5.18. The maximum Gasteiger partial charge on any atom is 0.280 e. The summed E-state index contributed by atoms with van der Waals surface area (Å²) in [7, 11) is 1.62. The third kappa shape index (κ3) is 4.33. The van der Waals surface area contributed by atoms with Crippen molar-refractivity contribution in [2.24, 2.45) is 5.10 Å². The van der Waals surface area contributed by atoms with Crippen LogP contribution in [0, 0.1) is 17.0 Å². The Morgan fingerprint density at radius 1 is 1.22 bits per heavy atom.